The third-order valence-electron chi connectivity index (χ3n) is 7.41. The average molecular weight is 534 g/mol. The van der Waals surface area contributed by atoms with E-state index in [9.17, 15) is 28.2 Å². The van der Waals surface area contributed by atoms with Gasteiger partial charge < -0.3 is 14.9 Å². The largest absolute Gasteiger partial charge is 0.573 e. The molecule has 5 nitrogen and oxygen atoms in total. The third kappa shape index (κ3) is 4.07. The fourth-order valence-corrected chi connectivity index (χ4v) is 5.42. The number of ether oxygens (including phenoxy) is 1. The van der Waals surface area contributed by atoms with Gasteiger partial charge in [-0.1, -0.05) is 48.5 Å². The molecular formula is C31H26F3NO4. The Morgan fingerprint density at radius 2 is 1.44 bits per heavy atom. The maximum absolute atomic E-state index is 14.8. The molecule has 0 bridgehead atoms. The van der Waals surface area contributed by atoms with Crippen LogP contribution in [-0.2, 0) is 10.2 Å². The van der Waals surface area contributed by atoms with Crippen LogP contribution < -0.4 is 9.64 Å². The number of para-hydroxylation sites is 1. The van der Waals surface area contributed by atoms with Gasteiger partial charge in [-0.3, -0.25) is 9.69 Å². The number of nitrogens with zero attached hydrogens (tertiary/aromatic N) is 1. The van der Waals surface area contributed by atoms with Crippen LogP contribution in [0.5, 0.6) is 17.2 Å². The lowest BCUT2D eigenvalue weighted by Gasteiger charge is -2.32. The van der Waals surface area contributed by atoms with Crippen molar-refractivity contribution in [1.82, 2.24) is 0 Å². The van der Waals surface area contributed by atoms with E-state index in [1.807, 2.05) is 13.0 Å². The number of halogens is 3. The summed E-state index contributed by atoms with van der Waals surface area (Å²) in [5.74, 6) is -0.924. The molecule has 4 aromatic carbocycles. The van der Waals surface area contributed by atoms with Crippen molar-refractivity contribution in [2.75, 3.05) is 4.90 Å². The van der Waals surface area contributed by atoms with Crippen molar-refractivity contribution in [3.63, 3.8) is 0 Å². The van der Waals surface area contributed by atoms with Crippen LogP contribution in [0.3, 0.4) is 0 Å². The summed E-state index contributed by atoms with van der Waals surface area (Å²) in [6, 6.07) is 19.2. The highest BCUT2D eigenvalue weighted by atomic mass is 19.4. The fourth-order valence-electron chi connectivity index (χ4n) is 5.42. The van der Waals surface area contributed by atoms with Crippen LogP contribution in [0.15, 0.2) is 72.8 Å². The number of carbonyl (C=O) groups excluding carboxylic acids is 1. The highest BCUT2D eigenvalue weighted by Gasteiger charge is 2.55. The molecule has 0 saturated heterocycles. The van der Waals surface area contributed by atoms with Crippen LogP contribution in [0.2, 0.25) is 0 Å². The van der Waals surface area contributed by atoms with Crippen molar-refractivity contribution < 1.29 is 32.9 Å². The molecular weight excluding hydrogens is 507 g/mol. The number of anilines is 2. The van der Waals surface area contributed by atoms with Crippen LogP contribution in [0.25, 0.3) is 0 Å². The zero-order valence-electron chi connectivity index (χ0n) is 21.7. The van der Waals surface area contributed by atoms with E-state index in [1.54, 1.807) is 63.2 Å². The molecule has 1 amide bonds. The Morgan fingerprint density at radius 1 is 0.769 bits per heavy atom. The first-order valence-corrected chi connectivity index (χ1v) is 12.3. The van der Waals surface area contributed by atoms with E-state index in [0.29, 0.717) is 39.1 Å². The molecule has 1 unspecified atom stereocenters. The van der Waals surface area contributed by atoms with E-state index in [2.05, 4.69) is 4.74 Å². The maximum Gasteiger partial charge on any atom is 0.573 e. The van der Waals surface area contributed by atoms with Gasteiger partial charge in [0, 0.05) is 17.2 Å². The van der Waals surface area contributed by atoms with E-state index in [1.165, 1.54) is 23.1 Å². The van der Waals surface area contributed by atoms with Crippen LogP contribution >= 0.6 is 0 Å². The second kappa shape index (κ2) is 9.08. The van der Waals surface area contributed by atoms with Gasteiger partial charge in [0.25, 0.3) is 5.91 Å². The minimum atomic E-state index is -4.90. The molecule has 0 aliphatic carbocycles. The molecule has 5 rings (SSSR count). The summed E-state index contributed by atoms with van der Waals surface area (Å²) >= 11 is 0. The van der Waals surface area contributed by atoms with E-state index in [4.69, 9.17) is 0 Å². The second-order valence-corrected chi connectivity index (χ2v) is 9.82. The van der Waals surface area contributed by atoms with Crippen LogP contribution in [0.4, 0.5) is 24.5 Å². The van der Waals surface area contributed by atoms with E-state index >= 15 is 0 Å². The molecule has 8 heteroatoms. The van der Waals surface area contributed by atoms with Crippen LogP contribution in [0, 0.1) is 27.7 Å². The van der Waals surface area contributed by atoms with Crippen LogP contribution in [0.1, 0.15) is 38.9 Å². The highest BCUT2D eigenvalue weighted by molar-refractivity contribution is 6.17. The minimum absolute atomic E-state index is 0.0578. The zero-order chi connectivity index (χ0) is 28.3. The van der Waals surface area contributed by atoms with Gasteiger partial charge in [-0.15, -0.1) is 13.2 Å². The Balaban J connectivity index is 1.85. The molecule has 4 aromatic rings. The van der Waals surface area contributed by atoms with Crippen molar-refractivity contribution >= 4 is 17.3 Å². The second-order valence-electron chi connectivity index (χ2n) is 9.82. The van der Waals surface area contributed by atoms with Crippen molar-refractivity contribution in [2.45, 2.75) is 39.5 Å². The Labute approximate surface area is 223 Å². The standard InChI is InChI=1S/C31H26F3NO4/c1-17-12-13-25(28(37)20(17)4)30(21-14-18(2)27(36)19(3)15-21)24-10-5-6-11-26(24)35(29(30)38)22-8-7-9-23(16-22)39-31(32,33)34/h5-16,36-37H,1-4H3. The van der Waals surface area contributed by atoms with Gasteiger partial charge in [0.2, 0.25) is 0 Å². The zero-order valence-corrected chi connectivity index (χ0v) is 21.7. The SMILES string of the molecule is Cc1ccc(C2(c3cc(C)c(O)c(C)c3)C(=O)N(c3cccc(OC(F)(F)F)c3)c3ccccc32)c(O)c1C. The quantitative estimate of drug-likeness (QED) is 0.290. The molecule has 2 N–H and O–H groups in total. The molecule has 200 valence electrons. The minimum Gasteiger partial charge on any atom is -0.507 e. The summed E-state index contributed by atoms with van der Waals surface area (Å²) in [7, 11) is 0. The number of hydrogen-bond acceptors (Lipinski definition) is 4. The van der Waals surface area contributed by atoms with Gasteiger partial charge in [0.1, 0.15) is 22.7 Å². The first-order valence-electron chi connectivity index (χ1n) is 12.3. The molecule has 1 aliphatic heterocycles. The first-order chi connectivity index (χ1) is 18.4. The number of benzene rings is 4. The lowest BCUT2D eigenvalue weighted by molar-refractivity contribution is -0.274. The number of aromatic hydroxyl groups is 2. The summed E-state index contributed by atoms with van der Waals surface area (Å²) in [5, 5.41) is 22.0. The lowest BCUT2D eigenvalue weighted by atomic mass is 9.68. The molecule has 0 aromatic heterocycles. The predicted octanol–water partition coefficient (Wildman–Crippen LogP) is 7.24. The van der Waals surface area contributed by atoms with E-state index in [-0.39, 0.29) is 17.2 Å². The van der Waals surface area contributed by atoms with Gasteiger partial charge in [0.05, 0.1) is 11.4 Å². The molecule has 39 heavy (non-hydrogen) atoms. The van der Waals surface area contributed by atoms with E-state index < -0.39 is 23.4 Å². The summed E-state index contributed by atoms with van der Waals surface area (Å²) < 4.78 is 43.1. The fraction of sp³-hybridized carbons (Fsp3) is 0.194. The monoisotopic (exact) mass is 533 g/mol. The average Bonchev–Trinajstić information content (AvgIpc) is 3.13. The van der Waals surface area contributed by atoms with Crippen molar-refractivity contribution in [1.29, 1.82) is 0 Å². The number of aryl methyl sites for hydroxylation is 3. The van der Waals surface area contributed by atoms with Crippen LogP contribution in [-0.4, -0.2) is 22.5 Å². The normalized spacial score (nSPS) is 16.9. The summed E-state index contributed by atoms with van der Waals surface area (Å²) in [4.78, 5) is 16.2. The van der Waals surface area contributed by atoms with Crippen molar-refractivity contribution in [2.24, 2.45) is 0 Å². The third-order valence-corrected chi connectivity index (χ3v) is 7.41. The number of rotatable bonds is 4. The molecule has 1 atom stereocenters. The van der Waals surface area contributed by atoms with E-state index in [0.717, 1.165) is 11.6 Å². The molecule has 0 saturated carbocycles. The molecule has 1 aliphatic rings. The number of carbonyl (C=O) groups is 1. The number of alkyl halides is 3. The molecule has 0 radical (unpaired) electrons. The summed E-state index contributed by atoms with van der Waals surface area (Å²) in [6.07, 6.45) is -4.90. The topological polar surface area (TPSA) is 70.0 Å². The Bertz CT molecular complexity index is 1610. The summed E-state index contributed by atoms with van der Waals surface area (Å²) in [6.45, 7) is 7.06. The predicted molar refractivity (Wildman–Crippen MR) is 142 cm³/mol. The Morgan fingerprint density at radius 3 is 2.10 bits per heavy atom. The number of amides is 1. The Hall–Kier alpha value is -4.46. The summed E-state index contributed by atoms with van der Waals surface area (Å²) in [5.41, 5.74) is 2.95. The number of fused-ring (bicyclic) bond motifs is 1. The maximum atomic E-state index is 14.8. The Kier molecular flexibility index (Phi) is 6.09. The molecule has 0 spiro atoms. The van der Waals surface area contributed by atoms with Gasteiger partial charge in [-0.25, -0.2) is 0 Å². The molecule has 0 fully saturated rings. The van der Waals surface area contributed by atoms with Crippen molar-refractivity contribution in [3.05, 3.63) is 112 Å². The lowest BCUT2D eigenvalue weighted by Crippen LogP contribution is -2.40. The number of phenolic OH excluding ortho intramolecular Hbond substituents is 2. The smallest absolute Gasteiger partial charge is 0.507 e. The van der Waals surface area contributed by atoms with Gasteiger partial charge in [-0.05, 0) is 73.7 Å². The van der Waals surface area contributed by atoms with Gasteiger partial charge in [0.15, 0.2) is 0 Å². The van der Waals surface area contributed by atoms with Crippen molar-refractivity contribution in [3.8, 4) is 17.2 Å². The van der Waals surface area contributed by atoms with Gasteiger partial charge >= 0.3 is 6.36 Å². The molecule has 1 heterocycles. The highest BCUT2D eigenvalue weighted by Crippen LogP contribution is 2.55. The number of phenols is 2. The number of hydrogen-bond donors (Lipinski definition) is 2. The van der Waals surface area contributed by atoms with Gasteiger partial charge in [-0.2, -0.15) is 0 Å². The first kappa shape index (κ1) is 26.2.